The van der Waals surface area contributed by atoms with E-state index in [4.69, 9.17) is 11.6 Å². The van der Waals surface area contributed by atoms with E-state index in [1.54, 1.807) is 0 Å². The first-order valence-electron chi connectivity index (χ1n) is 5.98. The van der Waals surface area contributed by atoms with Crippen LogP contribution < -0.4 is 5.32 Å². The molecule has 0 aliphatic heterocycles. The van der Waals surface area contributed by atoms with Gasteiger partial charge in [0.15, 0.2) is 5.82 Å². The number of anilines is 1. The molecule has 0 heterocycles. The fourth-order valence-electron chi connectivity index (χ4n) is 1.65. The molecule has 106 valence electrons. The number of halogens is 3. The number of benzene rings is 1. The number of unbranched alkanes of at least 4 members (excludes halogenated alkanes) is 1. The Morgan fingerprint density at radius 1 is 1.47 bits per heavy atom. The Hall–Kier alpha value is -1.36. The van der Waals surface area contributed by atoms with E-state index in [0.717, 1.165) is 18.9 Å². The quantitative estimate of drug-likeness (QED) is 0.811. The predicted molar refractivity (Wildman–Crippen MR) is 70.3 cm³/mol. The fourth-order valence-corrected chi connectivity index (χ4v) is 1.90. The molecular weight excluding hydrogens is 276 g/mol. The summed E-state index contributed by atoms with van der Waals surface area (Å²) in [6.45, 7) is 1.97. The normalized spacial score (nSPS) is 12.1. The second-order valence-corrected chi connectivity index (χ2v) is 4.51. The minimum absolute atomic E-state index is 0.0884. The Morgan fingerprint density at radius 3 is 2.68 bits per heavy atom. The molecule has 1 unspecified atom stereocenters. The van der Waals surface area contributed by atoms with E-state index in [1.807, 2.05) is 6.92 Å². The molecule has 1 aromatic carbocycles. The zero-order valence-electron chi connectivity index (χ0n) is 10.8. The van der Waals surface area contributed by atoms with Crippen molar-refractivity contribution < 1.29 is 18.3 Å². The maximum Gasteiger partial charge on any atom is 0.328 e. The maximum atomic E-state index is 13.6. The third kappa shape index (κ3) is 4.35. The highest BCUT2D eigenvalue weighted by molar-refractivity contribution is 6.33. The van der Waals surface area contributed by atoms with E-state index >= 15 is 0 Å². The number of hydrogen-bond acceptors (Lipinski definition) is 3. The first kappa shape index (κ1) is 15.7. The number of carbonyl (C=O) groups excluding carboxylic acids is 1. The molecule has 1 rings (SSSR count). The van der Waals surface area contributed by atoms with Gasteiger partial charge in [0.25, 0.3) is 0 Å². The summed E-state index contributed by atoms with van der Waals surface area (Å²) >= 11 is 5.77. The van der Waals surface area contributed by atoms with E-state index in [1.165, 1.54) is 7.11 Å². The van der Waals surface area contributed by atoms with Crippen LogP contribution in [0.1, 0.15) is 26.2 Å². The van der Waals surface area contributed by atoms with Gasteiger partial charge in [-0.15, -0.1) is 0 Å². The van der Waals surface area contributed by atoms with Crippen molar-refractivity contribution in [3.8, 4) is 0 Å². The van der Waals surface area contributed by atoms with E-state index in [9.17, 15) is 13.6 Å². The highest BCUT2D eigenvalue weighted by Crippen LogP contribution is 2.27. The predicted octanol–water partition coefficient (Wildman–Crippen LogP) is 3.76. The van der Waals surface area contributed by atoms with E-state index in [2.05, 4.69) is 10.1 Å². The molecule has 0 bridgehead atoms. The summed E-state index contributed by atoms with van der Waals surface area (Å²) in [5.41, 5.74) is -0.0884. The highest BCUT2D eigenvalue weighted by Gasteiger charge is 2.21. The van der Waals surface area contributed by atoms with Gasteiger partial charge in [0.1, 0.15) is 11.9 Å². The third-order valence-electron chi connectivity index (χ3n) is 2.66. The number of hydrogen-bond donors (Lipinski definition) is 1. The molecule has 0 saturated carbocycles. The molecule has 0 amide bonds. The van der Waals surface area contributed by atoms with E-state index in [0.29, 0.717) is 12.5 Å². The van der Waals surface area contributed by atoms with Gasteiger partial charge in [-0.2, -0.15) is 0 Å². The molecule has 3 nitrogen and oxygen atoms in total. The molecule has 6 heteroatoms. The van der Waals surface area contributed by atoms with Gasteiger partial charge in [-0.25, -0.2) is 13.6 Å². The van der Waals surface area contributed by atoms with Gasteiger partial charge in [-0.3, -0.25) is 0 Å². The lowest BCUT2D eigenvalue weighted by Gasteiger charge is -2.18. The molecule has 1 N–H and O–H groups in total. The highest BCUT2D eigenvalue weighted by atomic mass is 35.5. The first-order chi connectivity index (χ1) is 8.99. The van der Waals surface area contributed by atoms with Crippen molar-refractivity contribution in [2.75, 3.05) is 12.4 Å². The average Bonchev–Trinajstić information content (AvgIpc) is 2.36. The van der Waals surface area contributed by atoms with Crippen LogP contribution >= 0.6 is 11.6 Å². The summed E-state index contributed by atoms with van der Waals surface area (Å²) in [4.78, 5) is 11.6. The van der Waals surface area contributed by atoms with Gasteiger partial charge >= 0.3 is 5.97 Å². The van der Waals surface area contributed by atoms with Gasteiger partial charge < -0.3 is 10.1 Å². The number of nitrogens with one attached hydrogen (secondary N) is 1. The third-order valence-corrected chi connectivity index (χ3v) is 2.96. The largest absolute Gasteiger partial charge is 0.467 e. The summed E-state index contributed by atoms with van der Waals surface area (Å²) in [7, 11) is 1.26. The SMILES string of the molecule is CCCCC(Nc1c(F)cc(F)cc1Cl)C(=O)OC. The summed E-state index contributed by atoms with van der Waals surface area (Å²) in [6, 6.07) is 0.992. The van der Waals surface area contributed by atoms with Crippen LogP contribution in [-0.2, 0) is 9.53 Å². The molecule has 0 aliphatic carbocycles. The molecule has 1 atom stereocenters. The monoisotopic (exact) mass is 291 g/mol. The van der Waals surface area contributed by atoms with Crippen LogP contribution in [0.4, 0.5) is 14.5 Å². The molecule has 0 aromatic heterocycles. The standard InChI is InChI=1S/C13H16ClF2NO2/c1-3-4-5-11(13(18)19-2)17-12-9(14)6-8(15)7-10(12)16/h6-7,11,17H,3-5H2,1-2H3. The van der Waals surface area contributed by atoms with E-state index < -0.39 is 23.6 Å². The average molecular weight is 292 g/mol. The lowest BCUT2D eigenvalue weighted by Crippen LogP contribution is -2.31. The summed E-state index contributed by atoms with van der Waals surface area (Å²) in [5.74, 6) is -2.11. The van der Waals surface area contributed by atoms with Gasteiger partial charge in [0, 0.05) is 6.07 Å². The van der Waals surface area contributed by atoms with Crippen LogP contribution in [0.3, 0.4) is 0 Å². The van der Waals surface area contributed by atoms with Crippen molar-refractivity contribution in [2.45, 2.75) is 32.2 Å². The second kappa shape index (κ2) is 7.28. The van der Waals surface area contributed by atoms with Crippen LogP contribution in [0.2, 0.25) is 5.02 Å². The Balaban J connectivity index is 2.92. The van der Waals surface area contributed by atoms with Crippen LogP contribution in [-0.4, -0.2) is 19.1 Å². The van der Waals surface area contributed by atoms with Crippen molar-refractivity contribution in [1.29, 1.82) is 0 Å². The number of ether oxygens (including phenoxy) is 1. The number of methoxy groups -OCH3 is 1. The Labute approximate surface area is 115 Å². The van der Waals surface area contributed by atoms with Gasteiger partial charge in [-0.05, 0) is 12.5 Å². The zero-order valence-corrected chi connectivity index (χ0v) is 11.6. The number of carbonyl (C=O) groups is 1. The Kier molecular flexibility index (Phi) is 6.02. The van der Waals surface area contributed by atoms with Crippen molar-refractivity contribution in [3.05, 3.63) is 28.8 Å². The van der Waals surface area contributed by atoms with Crippen molar-refractivity contribution in [1.82, 2.24) is 0 Å². The smallest absolute Gasteiger partial charge is 0.328 e. The molecule has 19 heavy (non-hydrogen) atoms. The molecule has 0 radical (unpaired) electrons. The summed E-state index contributed by atoms with van der Waals surface area (Å²) < 4.78 is 31.2. The van der Waals surface area contributed by atoms with Crippen molar-refractivity contribution >= 4 is 23.3 Å². The topological polar surface area (TPSA) is 38.3 Å². The molecular formula is C13H16ClF2NO2. The summed E-state index contributed by atoms with van der Waals surface area (Å²) in [5, 5.41) is 2.57. The van der Waals surface area contributed by atoms with Crippen LogP contribution in [0.25, 0.3) is 0 Å². The molecule has 0 spiro atoms. The molecule has 0 aliphatic rings. The van der Waals surface area contributed by atoms with Crippen molar-refractivity contribution in [2.24, 2.45) is 0 Å². The van der Waals surface area contributed by atoms with Crippen LogP contribution in [0.5, 0.6) is 0 Å². The zero-order chi connectivity index (χ0) is 14.4. The fraction of sp³-hybridized carbons (Fsp3) is 0.462. The molecule has 1 aromatic rings. The minimum Gasteiger partial charge on any atom is -0.467 e. The number of rotatable bonds is 6. The molecule has 0 saturated heterocycles. The van der Waals surface area contributed by atoms with Crippen LogP contribution in [0.15, 0.2) is 12.1 Å². The lowest BCUT2D eigenvalue weighted by atomic mass is 10.1. The molecule has 0 fully saturated rings. The Morgan fingerprint density at radius 2 is 2.16 bits per heavy atom. The maximum absolute atomic E-state index is 13.6. The first-order valence-corrected chi connectivity index (χ1v) is 6.36. The Bertz CT molecular complexity index is 431. The van der Waals surface area contributed by atoms with Crippen LogP contribution in [0, 0.1) is 11.6 Å². The summed E-state index contributed by atoms with van der Waals surface area (Å²) in [6.07, 6.45) is 2.14. The van der Waals surface area contributed by atoms with Gasteiger partial charge in [0.2, 0.25) is 0 Å². The second-order valence-electron chi connectivity index (χ2n) is 4.11. The minimum atomic E-state index is -0.838. The number of esters is 1. The van der Waals surface area contributed by atoms with Gasteiger partial charge in [-0.1, -0.05) is 31.4 Å². The van der Waals surface area contributed by atoms with Gasteiger partial charge in [0.05, 0.1) is 17.8 Å². The van der Waals surface area contributed by atoms with E-state index in [-0.39, 0.29) is 10.7 Å². The lowest BCUT2D eigenvalue weighted by molar-refractivity contribution is -0.141. The van der Waals surface area contributed by atoms with Crippen molar-refractivity contribution in [3.63, 3.8) is 0 Å².